The van der Waals surface area contributed by atoms with Gasteiger partial charge in [-0.25, -0.2) is 4.79 Å². The summed E-state index contributed by atoms with van der Waals surface area (Å²) in [6, 6.07) is 8.90. The van der Waals surface area contributed by atoms with Gasteiger partial charge in [-0.15, -0.1) is 0 Å². The second-order valence-electron chi connectivity index (χ2n) is 8.06. The van der Waals surface area contributed by atoms with E-state index in [0.29, 0.717) is 40.5 Å². The van der Waals surface area contributed by atoms with E-state index in [2.05, 4.69) is 5.32 Å². The number of carbonyl (C=O) groups is 3. The van der Waals surface area contributed by atoms with Gasteiger partial charge in [-0.1, -0.05) is 26.0 Å². The quantitative estimate of drug-likeness (QED) is 0.509. The fourth-order valence-electron chi connectivity index (χ4n) is 3.50. The number of Topliss-reactive ketones (excluding diaryl/α,β-unsaturated/α-hetero) is 1. The molecule has 0 radical (unpaired) electrons. The summed E-state index contributed by atoms with van der Waals surface area (Å²) in [5, 5.41) is 11.7. The Morgan fingerprint density at radius 1 is 1.15 bits per heavy atom. The van der Waals surface area contributed by atoms with Gasteiger partial charge < -0.3 is 29.4 Å². The first-order valence-electron chi connectivity index (χ1n) is 10.7. The van der Waals surface area contributed by atoms with Crippen molar-refractivity contribution in [3.8, 4) is 23.0 Å². The summed E-state index contributed by atoms with van der Waals surface area (Å²) in [6.07, 6.45) is 1.88. The molecule has 0 bridgehead atoms. The smallest absolute Gasteiger partial charge is 0.326 e. The van der Waals surface area contributed by atoms with Crippen molar-refractivity contribution in [2.75, 3.05) is 20.8 Å². The molecule has 9 nitrogen and oxygen atoms in total. The fraction of sp³-hybridized carbons (Fsp3) is 0.320. The van der Waals surface area contributed by atoms with E-state index in [0.717, 1.165) is 0 Å². The third kappa shape index (κ3) is 5.67. The van der Waals surface area contributed by atoms with E-state index in [-0.39, 0.29) is 24.1 Å². The molecule has 180 valence electrons. The van der Waals surface area contributed by atoms with Crippen molar-refractivity contribution >= 4 is 23.7 Å². The van der Waals surface area contributed by atoms with Gasteiger partial charge in [-0.05, 0) is 36.6 Å². The molecule has 1 heterocycles. The number of carboxylic acids is 1. The average molecular weight is 469 g/mol. The summed E-state index contributed by atoms with van der Waals surface area (Å²) in [4.78, 5) is 36.2. The first-order chi connectivity index (χ1) is 16.2. The summed E-state index contributed by atoms with van der Waals surface area (Å²) in [7, 11) is 3.03. The maximum Gasteiger partial charge on any atom is 0.326 e. The normalized spacial score (nSPS) is 14.4. The lowest BCUT2D eigenvalue weighted by molar-refractivity contribution is -0.142. The van der Waals surface area contributed by atoms with Crippen LogP contribution in [0.4, 0.5) is 0 Å². The van der Waals surface area contributed by atoms with Crippen LogP contribution in [-0.2, 0) is 9.59 Å². The van der Waals surface area contributed by atoms with Crippen LogP contribution in [0, 0.1) is 5.92 Å². The van der Waals surface area contributed by atoms with Crippen LogP contribution in [-0.4, -0.2) is 49.6 Å². The number of para-hydroxylation sites is 1. The maximum absolute atomic E-state index is 12.8. The molecule has 0 fully saturated rings. The van der Waals surface area contributed by atoms with Gasteiger partial charge in [0.15, 0.2) is 23.9 Å². The second-order valence-corrected chi connectivity index (χ2v) is 8.06. The number of carbonyl (C=O) groups excluding carboxylic acids is 2. The van der Waals surface area contributed by atoms with Crippen molar-refractivity contribution in [1.29, 1.82) is 0 Å². The molecule has 0 aromatic heterocycles. The zero-order valence-electron chi connectivity index (χ0n) is 19.4. The maximum atomic E-state index is 12.8. The van der Waals surface area contributed by atoms with Crippen LogP contribution in [0.5, 0.6) is 23.0 Å². The van der Waals surface area contributed by atoms with E-state index in [4.69, 9.17) is 18.9 Å². The van der Waals surface area contributed by atoms with Crippen molar-refractivity contribution < 1.29 is 38.4 Å². The molecule has 0 saturated heterocycles. The Morgan fingerprint density at radius 3 is 2.56 bits per heavy atom. The van der Waals surface area contributed by atoms with Gasteiger partial charge in [-0.2, -0.15) is 0 Å². The minimum Gasteiger partial charge on any atom is -0.493 e. The predicted molar refractivity (Wildman–Crippen MR) is 123 cm³/mol. The van der Waals surface area contributed by atoms with E-state index in [1.807, 2.05) is 13.8 Å². The summed E-state index contributed by atoms with van der Waals surface area (Å²) in [6.45, 7) is 3.37. The summed E-state index contributed by atoms with van der Waals surface area (Å²) in [5.74, 6) is -0.166. The van der Waals surface area contributed by atoms with E-state index in [9.17, 15) is 19.5 Å². The lowest BCUT2D eigenvalue weighted by Gasteiger charge is -2.16. The highest BCUT2D eigenvalue weighted by atomic mass is 16.5. The molecule has 0 aliphatic carbocycles. The first kappa shape index (κ1) is 24.6. The van der Waals surface area contributed by atoms with Gasteiger partial charge in [0.1, 0.15) is 17.5 Å². The van der Waals surface area contributed by atoms with E-state index < -0.39 is 17.9 Å². The number of hydrogen-bond acceptors (Lipinski definition) is 7. The topological polar surface area (TPSA) is 120 Å². The number of rotatable bonds is 10. The molecule has 3 rings (SSSR count). The number of carboxylic acid groups (broad SMARTS) is 1. The summed E-state index contributed by atoms with van der Waals surface area (Å²) < 4.78 is 21.9. The van der Waals surface area contributed by atoms with Gasteiger partial charge in [0, 0.05) is 11.6 Å². The number of ketones is 1. The van der Waals surface area contributed by atoms with Crippen molar-refractivity contribution in [1.82, 2.24) is 5.32 Å². The molecule has 1 amide bonds. The summed E-state index contributed by atoms with van der Waals surface area (Å²) >= 11 is 0. The van der Waals surface area contributed by atoms with E-state index in [1.165, 1.54) is 20.3 Å². The highest BCUT2D eigenvalue weighted by Crippen LogP contribution is 2.37. The average Bonchev–Trinajstić information content (AvgIpc) is 3.11. The number of ether oxygens (including phenoxy) is 4. The van der Waals surface area contributed by atoms with Crippen LogP contribution in [0.25, 0.3) is 6.08 Å². The van der Waals surface area contributed by atoms with Gasteiger partial charge in [0.25, 0.3) is 5.91 Å². The Hall–Kier alpha value is -4.01. The Morgan fingerprint density at radius 2 is 1.91 bits per heavy atom. The Labute approximate surface area is 197 Å². The largest absolute Gasteiger partial charge is 0.493 e. The number of amides is 1. The third-order valence-corrected chi connectivity index (χ3v) is 5.07. The lowest BCUT2D eigenvalue weighted by atomic mass is 10.0. The number of methoxy groups -OCH3 is 2. The number of aliphatic carboxylic acids is 1. The molecule has 0 saturated carbocycles. The van der Waals surface area contributed by atoms with Crippen LogP contribution >= 0.6 is 0 Å². The number of nitrogens with one attached hydrogen (secondary N) is 1. The molecule has 1 aliphatic heterocycles. The zero-order chi connectivity index (χ0) is 24.8. The minimum absolute atomic E-state index is 0.105. The molecule has 34 heavy (non-hydrogen) atoms. The Kier molecular flexibility index (Phi) is 7.78. The Balaban J connectivity index is 1.70. The molecule has 1 aliphatic rings. The molecule has 1 atom stereocenters. The number of fused-ring (bicyclic) bond motifs is 1. The predicted octanol–water partition coefficient (Wildman–Crippen LogP) is 3.31. The number of hydrogen-bond donors (Lipinski definition) is 2. The SMILES string of the molecule is COc1cccc(/C=C2\Oc3cc(OCC(=O)N[C@H](CC(C)C)C(=O)O)ccc3C2=O)c1OC. The van der Waals surface area contributed by atoms with Crippen molar-refractivity contribution in [3.05, 3.63) is 53.3 Å². The molecule has 2 aromatic rings. The monoisotopic (exact) mass is 469 g/mol. The van der Waals surface area contributed by atoms with Crippen molar-refractivity contribution in [2.45, 2.75) is 26.3 Å². The molecule has 2 aromatic carbocycles. The molecule has 9 heteroatoms. The molecular formula is C25H27NO8. The number of allylic oxidation sites excluding steroid dienone is 1. The van der Waals surface area contributed by atoms with Crippen molar-refractivity contribution in [2.24, 2.45) is 5.92 Å². The van der Waals surface area contributed by atoms with Gasteiger partial charge >= 0.3 is 5.97 Å². The Bertz CT molecular complexity index is 1120. The van der Waals surface area contributed by atoms with Gasteiger partial charge in [0.2, 0.25) is 5.78 Å². The van der Waals surface area contributed by atoms with E-state index in [1.54, 1.807) is 36.4 Å². The highest BCUT2D eigenvalue weighted by Gasteiger charge is 2.28. The molecule has 0 spiro atoms. The van der Waals surface area contributed by atoms with Crippen LogP contribution in [0.2, 0.25) is 0 Å². The highest BCUT2D eigenvalue weighted by molar-refractivity contribution is 6.14. The fourth-order valence-corrected chi connectivity index (χ4v) is 3.50. The first-order valence-corrected chi connectivity index (χ1v) is 10.7. The van der Waals surface area contributed by atoms with Crippen LogP contribution in [0.1, 0.15) is 36.2 Å². The number of benzene rings is 2. The molecule has 2 N–H and O–H groups in total. The third-order valence-electron chi connectivity index (χ3n) is 5.07. The van der Waals surface area contributed by atoms with Gasteiger partial charge in [-0.3, -0.25) is 9.59 Å². The minimum atomic E-state index is -1.10. The lowest BCUT2D eigenvalue weighted by Crippen LogP contribution is -2.43. The molecule has 0 unspecified atom stereocenters. The van der Waals surface area contributed by atoms with Gasteiger partial charge in [0.05, 0.1) is 19.8 Å². The van der Waals surface area contributed by atoms with Crippen molar-refractivity contribution in [3.63, 3.8) is 0 Å². The molecular weight excluding hydrogens is 442 g/mol. The van der Waals surface area contributed by atoms with Crippen LogP contribution in [0.15, 0.2) is 42.2 Å². The summed E-state index contributed by atoms with van der Waals surface area (Å²) in [5.41, 5.74) is 0.966. The standard InChI is InChI=1S/C25H27NO8/c1-14(2)10-18(25(29)30)26-22(27)13-33-16-8-9-17-20(12-16)34-21(23(17)28)11-15-6-5-7-19(31-3)24(15)32-4/h5-9,11-12,14,18H,10,13H2,1-4H3,(H,26,27)(H,29,30)/b21-11-/t18-/m1/s1. The van der Waals surface area contributed by atoms with Crippen LogP contribution < -0.4 is 24.3 Å². The zero-order valence-corrected chi connectivity index (χ0v) is 19.4. The second kappa shape index (κ2) is 10.7. The van der Waals surface area contributed by atoms with Crippen LogP contribution in [0.3, 0.4) is 0 Å². The van der Waals surface area contributed by atoms with E-state index >= 15 is 0 Å².